The zero-order valence-corrected chi connectivity index (χ0v) is 18.8. The van der Waals surface area contributed by atoms with E-state index in [0.717, 1.165) is 22.4 Å². The van der Waals surface area contributed by atoms with Gasteiger partial charge >= 0.3 is 0 Å². The number of hydrogen-bond donors (Lipinski definition) is 3. The van der Waals surface area contributed by atoms with Crippen LogP contribution in [0.5, 0.6) is 5.75 Å². The molecule has 2 aromatic carbocycles. The highest BCUT2D eigenvalue weighted by molar-refractivity contribution is 5.87. The third kappa shape index (κ3) is 7.35. The molecule has 0 fully saturated rings. The van der Waals surface area contributed by atoms with Crippen LogP contribution in [-0.2, 0) is 9.59 Å². The largest absolute Gasteiger partial charge is 0.491 e. The van der Waals surface area contributed by atoms with Gasteiger partial charge in [0.2, 0.25) is 11.8 Å². The van der Waals surface area contributed by atoms with Gasteiger partial charge in [-0.05, 0) is 36.5 Å². The number of rotatable bonds is 9. The van der Waals surface area contributed by atoms with Gasteiger partial charge in [-0.25, -0.2) is 0 Å². The highest BCUT2D eigenvalue weighted by atomic mass is 35.5. The molecule has 2 aromatic rings. The predicted molar refractivity (Wildman–Crippen MR) is 122 cm³/mol. The summed E-state index contributed by atoms with van der Waals surface area (Å²) in [6, 6.07) is 14.6. The van der Waals surface area contributed by atoms with Crippen LogP contribution < -0.4 is 21.1 Å². The van der Waals surface area contributed by atoms with Crippen LogP contribution in [0.15, 0.2) is 48.5 Å². The Labute approximate surface area is 185 Å². The number of amides is 2. The molecule has 164 valence electrons. The van der Waals surface area contributed by atoms with Crippen LogP contribution in [0, 0.1) is 19.8 Å². The molecule has 0 aromatic heterocycles. The Kier molecular flexibility index (Phi) is 10.4. The SMILES string of the molecule is Cc1cccc(C)c1OCC(NC(=O)CNC(=O)[C@@H](N)C(C)C)c1ccccc1.Cl. The molecule has 0 saturated heterocycles. The molecular formula is C23H32ClN3O3. The minimum atomic E-state index is -0.639. The van der Waals surface area contributed by atoms with E-state index in [1.807, 2.05) is 76.2 Å². The predicted octanol–water partition coefficient (Wildman–Crippen LogP) is 3.06. The van der Waals surface area contributed by atoms with Crippen molar-refractivity contribution in [3.8, 4) is 5.75 Å². The van der Waals surface area contributed by atoms with Crippen molar-refractivity contribution < 1.29 is 14.3 Å². The van der Waals surface area contributed by atoms with E-state index in [4.69, 9.17) is 10.5 Å². The van der Waals surface area contributed by atoms with E-state index in [1.54, 1.807) is 0 Å². The average molecular weight is 434 g/mol. The van der Waals surface area contributed by atoms with Gasteiger partial charge < -0.3 is 21.1 Å². The second-order valence-corrected chi connectivity index (χ2v) is 7.55. The van der Waals surface area contributed by atoms with Gasteiger partial charge in [-0.3, -0.25) is 9.59 Å². The molecule has 1 unspecified atom stereocenters. The molecule has 0 heterocycles. The fraction of sp³-hybridized carbons (Fsp3) is 0.391. The van der Waals surface area contributed by atoms with Crippen molar-refractivity contribution in [3.05, 3.63) is 65.2 Å². The first kappa shape index (κ1) is 25.5. The van der Waals surface area contributed by atoms with E-state index >= 15 is 0 Å². The van der Waals surface area contributed by atoms with Gasteiger partial charge in [0, 0.05) is 0 Å². The van der Waals surface area contributed by atoms with E-state index in [9.17, 15) is 9.59 Å². The minimum Gasteiger partial charge on any atom is -0.491 e. The maximum absolute atomic E-state index is 12.4. The van der Waals surface area contributed by atoms with Crippen molar-refractivity contribution in [1.29, 1.82) is 0 Å². The molecular weight excluding hydrogens is 402 g/mol. The second kappa shape index (κ2) is 12.2. The Morgan fingerprint density at radius 1 is 1.00 bits per heavy atom. The molecule has 30 heavy (non-hydrogen) atoms. The fourth-order valence-corrected chi connectivity index (χ4v) is 2.93. The van der Waals surface area contributed by atoms with E-state index in [-0.39, 0.29) is 49.3 Å². The van der Waals surface area contributed by atoms with Crippen molar-refractivity contribution >= 4 is 24.2 Å². The first-order valence-electron chi connectivity index (χ1n) is 9.86. The summed E-state index contributed by atoms with van der Waals surface area (Å²) in [5.41, 5.74) is 8.82. The molecule has 0 aliphatic heterocycles. The number of nitrogens with two attached hydrogens (primary N) is 1. The third-order valence-corrected chi connectivity index (χ3v) is 4.78. The topological polar surface area (TPSA) is 93.5 Å². The van der Waals surface area contributed by atoms with Crippen molar-refractivity contribution in [2.24, 2.45) is 11.7 Å². The van der Waals surface area contributed by atoms with Crippen LogP contribution in [0.4, 0.5) is 0 Å². The highest BCUT2D eigenvalue weighted by Crippen LogP contribution is 2.24. The Balaban J connectivity index is 0.00000450. The van der Waals surface area contributed by atoms with Gasteiger partial charge in [-0.2, -0.15) is 0 Å². The lowest BCUT2D eigenvalue weighted by molar-refractivity contribution is -0.127. The van der Waals surface area contributed by atoms with Gasteiger partial charge in [-0.15, -0.1) is 12.4 Å². The fourth-order valence-electron chi connectivity index (χ4n) is 2.93. The molecule has 2 atom stereocenters. The minimum absolute atomic E-state index is 0. The molecule has 0 radical (unpaired) electrons. The maximum Gasteiger partial charge on any atom is 0.239 e. The van der Waals surface area contributed by atoms with Crippen LogP contribution in [0.25, 0.3) is 0 Å². The summed E-state index contributed by atoms with van der Waals surface area (Å²) in [6.45, 7) is 7.85. The zero-order valence-electron chi connectivity index (χ0n) is 18.0. The summed E-state index contributed by atoms with van der Waals surface area (Å²) in [5, 5.41) is 5.54. The first-order chi connectivity index (χ1) is 13.8. The van der Waals surface area contributed by atoms with E-state index < -0.39 is 6.04 Å². The number of para-hydroxylation sites is 1. The van der Waals surface area contributed by atoms with E-state index in [0.29, 0.717) is 0 Å². The molecule has 2 rings (SSSR count). The smallest absolute Gasteiger partial charge is 0.239 e. The number of halogens is 1. The number of aryl methyl sites for hydroxylation is 2. The zero-order chi connectivity index (χ0) is 21.4. The van der Waals surface area contributed by atoms with E-state index in [1.165, 1.54) is 0 Å². The summed E-state index contributed by atoms with van der Waals surface area (Å²) in [5.74, 6) is 0.186. The van der Waals surface area contributed by atoms with Gasteiger partial charge in [0.25, 0.3) is 0 Å². The second-order valence-electron chi connectivity index (χ2n) is 7.55. The monoisotopic (exact) mass is 433 g/mol. The van der Waals surface area contributed by atoms with Gasteiger partial charge in [0.1, 0.15) is 12.4 Å². The Bertz CT molecular complexity index is 807. The first-order valence-corrected chi connectivity index (χ1v) is 9.86. The maximum atomic E-state index is 12.4. The lowest BCUT2D eigenvalue weighted by atomic mass is 10.1. The lowest BCUT2D eigenvalue weighted by Gasteiger charge is -2.22. The Hall–Kier alpha value is -2.57. The molecule has 0 spiro atoms. The molecule has 0 saturated carbocycles. The van der Waals surface area contributed by atoms with Gasteiger partial charge in [-0.1, -0.05) is 62.4 Å². The summed E-state index contributed by atoms with van der Waals surface area (Å²) < 4.78 is 6.06. The summed E-state index contributed by atoms with van der Waals surface area (Å²) in [6.07, 6.45) is 0. The van der Waals surface area contributed by atoms with Gasteiger partial charge in [0.15, 0.2) is 0 Å². The third-order valence-electron chi connectivity index (χ3n) is 4.78. The molecule has 0 aliphatic rings. The number of benzene rings is 2. The van der Waals surface area contributed by atoms with Crippen LogP contribution in [0.3, 0.4) is 0 Å². The summed E-state index contributed by atoms with van der Waals surface area (Å²) >= 11 is 0. The summed E-state index contributed by atoms with van der Waals surface area (Å²) in [4.78, 5) is 24.4. The van der Waals surface area contributed by atoms with Crippen LogP contribution in [0.2, 0.25) is 0 Å². The molecule has 2 amide bonds. The van der Waals surface area contributed by atoms with Crippen molar-refractivity contribution in [1.82, 2.24) is 10.6 Å². The quantitative estimate of drug-likeness (QED) is 0.566. The Morgan fingerprint density at radius 3 is 2.17 bits per heavy atom. The average Bonchev–Trinajstić information content (AvgIpc) is 2.70. The van der Waals surface area contributed by atoms with Crippen LogP contribution >= 0.6 is 12.4 Å². The van der Waals surface area contributed by atoms with Crippen molar-refractivity contribution in [2.45, 2.75) is 39.8 Å². The van der Waals surface area contributed by atoms with Crippen LogP contribution in [0.1, 0.15) is 36.6 Å². The molecule has 0 bridgehead atoms. The number of nitrogens with one attached hydrogen (secondary N) is 2. The highest BCUT2D eigenvalue weighted by Gasteiger charge is 2.20. The Morgan fingerprint density at radius 2 is 1.60 bits per heavy atom. The number of hydrogen-bond acceptors (Lipinski definition) is 4. The lowest BCUT2D eigenvalue weighted by Crippen LogP contribution is -2.47. The molecule has 7 heteroatoms. The number of carbonyl (C=O) groups is 2. The van der Waals surface area contributed by atoms with Crippen molar-refractivity contribution in [3.63, 3.8) is 0 Å². The summed E-state index contributed by atoms with van der Waals surface area (Å²) in [7, 11) is 0. The standard InChI is InChI=1S/C23H31N3O3.ClH/c1-15(2)21(24)23(28)25-13-20(27)26-19(18-11-6-5-7-12-18)14-29-22-16(3)9-8-10-17(22)4;/h5-12,15,19,21H,13-14,24H2,1-4H3,(H,25,28)(H,26,27);1H/t19?,21-;/m0./s1. The number of carbonyl (C=O) groups excluding carboxylic acids is 2. The molecule has 4 N–H and O–H groups in total. The molecule has 0 aliphatic carbocycles. The van der Waals surface area contributed by atoms with Gasteiger partial charge in [0.05, 0.1) is 18.6 Å². The van der Waals surface area contributed by atoms with E-state index in [2.05, 4.69) is 10.6 Å². The normalized spacial score (nSPS) is 12.5. The number of ether oxygens (including phenoxy) is 1. The molecule has 6 nitrogen and oxygen atoms in total. The van der Waals surface area contributed by atoms with Crippen molar-refractivity contribution in [2.75, 3.05) is 13.2 Å². The van der Waals surface area contributed by atoms with Crippen LogP contribution in [-0.4, -0.2) is 31.0 Å².